The summed E-state index contributed by atoms with van der Waals surface area (Å²) in [5, 5.41) is 14.0. The second-order valence-electron chi connectivity index (χ2n) is 18.2. The third kappa shape index (κ3) is 14.4. The lowest BCUT2D eigenvalue weighted by Crippen LogP contribution is -2.53. The highest BCUT2D eigenvalue weighted by molar-refractivity contribution is 6.09. The molecule has 0 unspecified atom stereocenters. The van der Waals surface area contributed by atoms with E-state index in [2.05, 4.69) is 66.4 Å². The number of primary amides is 1. The summed E-state index contributed by atoms with van der Waals surface area (Å²) >= 11 is 0. The van der Waals surface area contributed by atoms with Crippen LogP contribution in [0.15, 0.2) is 97.5 Å². The molecule has 0 bridgehead atoms. The first-order valence-electron chi connectivity index (χ1n) is 24.2. The van der Waals surface area contributed by atoms with Crippen LogP contribution in [0.25, 0.3) is 11.1 Å². The normalized spacial score (nSPS) is 15.8. The number of nitrogens with one attached hydrogen (secondary N) is 3. The van der Waals surface area contributed by atoms with Crippen molar-refractivity contribution in [3.63, 3.8) is 0 Å². The fraction of sp³-hybridized carbons (Fsp3) is 0.377. The van der Waals surface area contributed by atoms with Gasteiger partial charge >= 0.3 is 0 Å². The Balaban J connectivity index is 0.000000294. The van der Waals surface area contributed by atoms with Crippen LogP contribution in [0.5, 0.6) is 0 Å². The molecule has 3 fully saturated rings. The SMILES string of the molecule is CCc1cccc(-c2cnc(C(=O)N3CCC(CN4CCN(CC(=O)N5CCN(C)CC5)CC4)CC3)c(NC(=O)CNc3ncccn3)c2)c1.N=C(Cc1ccc(F)c(C=O)c1)c1ccccc1C(N)=O. The van der Waals surface area contributed by atoms with E-state index in [1.54, 1.807) is 48.9 Å². The van der Waals surface area contributed by atoms with Crippen LogP contribution in [0.2, 0.25) is 0 Å². The lowest BCUT2D eigenvalue weighted by Gasteiger charge is -2.39. The van der Waals surface area contributed by atoms with Gasteiger partial charge in [-0.25, -0.2) is 19.3 Å². The maximum atomic E-state index is 13.9. The molecular weight excluding hydrogens is 904 g/mol. The minimum Gasteiger partial charge on any atom is -0.366 e. The highest BCUT2D eigenvalue weighted by Gasteiger charge is 2.30. The van der Waals surface area contributed by atoms with E-state index < -0.39 is 11.7 Å². The number of aromatic nitrogens is 3. The van der Waals surface area contributed by atoms with Crippen LogP contribution in [0, 0.1) is 17.1 Å². The van der Waals surface area contributed by atoms with Gasteiger partial charge in [0.05, 0.1) is 24.3 Å². The van der Waals surface area contributed by atoms with E-state index in [1.165, 1.54) is 23.8 Å². The number of piperazine rings is 2. The number of carbonyl (C=O) groups is 5. The molecule has 372 valence electrons. The second kappa shape index (κ2) is 25.0. The molecule has 5 heterocycles. The zero-order chi connectivity index (χ0) is 50.3. The molecule has 0 spiro atoms. The van der Waals surface area contributed by atoms with E-state index in [4.69, 9.17) is 11.1 Å². The number of halogens is 1. The minimum atomic E-state index is -0.608. The van der Waals surface area contributed by atoms with Crippen LogP contribution in [-0.4, -0.2) is 167 Å². The van der Waals surface area contributed by atoms with Crippen molar-refractivity contribution in [3.8, 4) is 11.1 Å². The molecule has 3 saturated heterocycles. The number of piperidine rings is 1. The molecule has 5 N–H and O–H groups in total. The largest absolute Gasteiger partial charge is 0.366 e. The Morgan fingerprint density at radius 1 is 0.775 bits per heavy atom. The number of nitrogens with two attached hydrogens (primary N) is 1. The molecule has 0 aliphatic carbocycles. The zero-order valence-electron chi connectivity index (χ0n) is 40.5. The molecule has 5 aromatic rings. The summed E-state index contributed by atoms with van der Waals surface area (Å²) in [4.78, 5) is 85.7. The highest BCUT2D eigenvalue weighted by Crippen LogP contribution is 2.28. The van der Waals surface area contributed by atoms with Crippen LogP contribution in [0.3, 0.4) is 0 Å². The predicted molar refractivity (Wildman–Crippen MR) is 271 cm³/mol. The molecule has 71 heavy (non-hydrogen) atoms. The van der Waals surface area contributed by atoms with Crippen LogP contribution in [0.1, 0.15) is 67.7 Å². The van der Waals surface area contributed by atoms with E-state index in [0.717, 1.165) is 89.3 Å². The maximum Gasteiger partial charge on any atom is 0.274 e. The first-order valence-corrected chi connectivity index (χ1v) is 24.2. The van der Waals surface area contributed by atoms with Crippen molar-refractivity contribution in [2.24, 2.45) is 11.7 Å². The number of amides is 4. The van der Waals surface area contributed by atoms with E-state index >= 15 is 0 Å². The number of carbonyl (C=O) groups excluding carboxylic acids is 5. The summed E-state index contributed by atoms with van der Waals surface area (Å²) in [7, 11) is 2.10. The van der Waals surface area contributed by atoms with Gasteiger partial charge in [-0.1, -0.05) is 55.5 Å². The standard InChI is InChI=1S/C37H50N10O3.C16H13FN2O2/c1-3-28-6-4-7-30(22-28)31-23-32(42-33(48)25-41-37-38-10-5-11-39-37)35(40-24-31)36(50)47-12-8-29(9-13-47)26-44-16-18-45(19-17-44)27-34(49)46-20-14-43(2)15-21-46;17-14-6-5-10(7-11(14)9-20)8-15(18)12-3-1-2-4-13(12)16(19)21/h4-7,10-11,22-24,29H,3,8-9,12-21,25-27H2,1-2H3,(H,42,48)(H,38,39,41);1-7,9,18H,8H2,(H2,19,21). The van der Waals surface area contributed by atoms with Crippen LogP contribution in [-0.2, 0) is 22.4 Å². The van der Waals surface area contributed by atoms with Crippen molar-refractivity contribution in [2.75, 3.05) is 103 Å². The number of hydrogen-bond donors (Lipinski definition) is 4. The zero-order valence-corrected chi connectivity index (χ0v) is 40.5. The maximum absolute atomic E-state index is 13.9. The Hall–Kier alpha value is -7.28. The summed E-state index contributed by atoms with van der Waals surface area (Å²) in [6.07, 6.45) is 8.26. The van der Waals surface area contributed by atoms with Gasteiger partial charge in [0.1, 0.15) is 5.82 Å². The number of likely N-dealkylation sites (tertiary alicyclic amines) is 1. The fourth-order valence-corrected chi connectivity index (χ4v) is 8.97. The van der Waals surface area contributed by atoms with Gasteiger partial charge < -0.3 is 41.4 Å². The number of anilines is 2. The molecule has 3 aliphatic heterocycles. The molecule has 0 radical (unpaired) electrons. The van der Waals surface area contributed by atoms with Gasteiger partial charge in [0.2, 0.25) is 23.7 Å². The van der Waals surface area contributed by atoms with Crippen molar-refractivity contribution in [1.82, 2.24) is 39.5 Å². The highest BCUT2D eigenvalue weighted by atomic mass is 19.1. The van der Waals surface area contributed by atoms with E-state index in [1.807, 2.05) is 28.0 Å². The monoisotopic (exact) mass is 967 g/mol. The van der Waals surface area contributed by atoms with Crippen LogP contribution >= 0.6 is 0 Å². The van der Waals surface area contributed by atoms with Crippen LogP contribution in [0.4, 0.5) is 16.0 Å². The average molecular weight is 967 g/mol. The molecule has 17 nitrogen and oxygen atoms in total. The van der Waals surface area contributed by atoms with Gasteiger partial charge in [0.15, 0.2) is 12.0 Å². The van der Waals surface area contributed by atoms with E-state index in [0.29, 0.717) is 54.6 Å². The molecular formula is C53H63FN12O5. The second-order valence-corrected chi connectivity index (χ2v) is 18.2. The molecule has 3 aliphatic rings. The van der Waals surface area contributed by atoms with Gasteiger partial charge in [0.25, 0.3) is 5.91 Å². The number of pyridine rings is 1. The quantitative estimate of drug-likeness (QED) is 0.0780. The summed E-state index contributed by atoms with van der Waals surface area (Å²) in [6, 6.07) is 22.4. The molecule has 2 aromatic heterocycles. The van der Waals surface area contributed by atoms with Crippen molar-refractivity contribution < 1.29 is 28.4 Å². The van der Waals surface area contributed by atoms with Gasteiger partial charge in [-0.3, -0.25) is 28.9 Å². The van der Waals surface area contributed by atoms with Crippen molar-refractivity contribution in [1.29, 1.82) is 5.41 Å². The van der Waals surface area contributed by atoms with Crippen molar-refractivity contribution in [3.05, 3.63) is 137 Å². The average Bonchev–Trinajstić information content (AvgIpc) is 3.39. The number of hydrogen-bond acceptors (Lipinski definition) is 13. The smallest absolute Gasteiger partial charge is 0.274 e. The molecule has 0 atom stereocenters. The Morgan fingerprint density at radius 3 is 2.17 bits per heavy atom. The van der Waals surface area contributed by atoms with E-state index in [-0.39, 0.29) is 53.2 Å². The Morgan fingerprint density at radius 2 is 1.48 bits per heavy atom. The molecule has 3 aromatic carbocycles. The third-order valence-electron chi connectivity index (χ3n) is 13.2. The number of likely N-dealkylation sites (N-methyl/N-ethyl adjacent to an activating group) is 1. The van der Waals surface area contributed by atoms with Gasteiger partial charge in [-0.15, -0.1) is 0 Å². The minimum absolute atomic E-state index is 0.0523. The van der Waals surface area contributed by atoms with Crippen LogP contribution < -0.4 is 16.4 Å². The molecule has 8 rings (SSSR count). The van der Waals surface area contributed by atoms with Crippen molar-refractivity contribution >= 4 is 47.3 Å². The van der Waals surface area contributed by atoms with Gasteiger partial charge in [0, 0.05) is 119 Å². The van der Waals surface area contributed by atoms with Gasteiger partial charge in [-0.2, -0.15) is 0 Å². The lowest BCUT2D eigenvalue weighted by atomic mass is 9.95. The number of aldehydes is 1. The Labute approximate surface area is 414 Å². The first-order chi connectivity index (χ1) is 34.4. The fourth-order valence-electron chi connectivity index (χ4n) is 8.97. The summed E-state index contributed by atoms with van der Waals surface area (Å²) in [5.41, 5.74) is 10.3. The number of aryl methyl sites for hydroxylation is 1. The predicted octanol–water partition coefficient (Wildman–Crippen LogP) is 4.74. The topological polar surface area (TPSA) is 214 Å². The summed E-state index contributed by atoms with van der Waals surface area (Å²) in [6.45, 7) is 12.1. The van der Waals surface area contributed by atoms with Crippen molar-refractivity contribution in [2.45, 2.75) is 32.6 Å². The van der Waals surface area contributed by atoms with E-state index in [9.17, 15) is 28.4 Å². The Kier molecular flexibility index (Phi) is 18.2. The molecule has 4 amide bonds. The van der Waals surface area contributed by atoms with Gasteiger partial charge in [-0.05, 0) is 79.3 Å². The number of nitrogens with zero attached hydrogens (tertiary/aromatic N) is 8. The molecule has 18 heteroatoms. The first kappa shape index (κ1) is 51.6. The summed E-state index contributed by atoms with van der Waals surface area (Å²) < 4.78 is 13.3. The molecule has 0 saturated carbocycles. The number of rotatable bonds is 16. The third-order valence-corrected chi connectivity index (χ3v) is 13.2. The number of benzene rings is 3. The Bertz CT molecular complexity index is 2660. The summed E-state index contributed by atoms with van der Waals surface area (Å²) in [5.74, 6) is -0.603. The lowest BCUT2D eigenvalue weighted by molar-refractivity contribution is -0.134.